The van der Waals surface area contributed by atoms with E-state index in [9.17, 15) is 9.90 Å². The summed E-state index contributed by atoms with van der Waals surface area (Å²) in [5.41, 5.74) is 5.73. The molecule has 0 aliphatic carbocycles. The molecule has 0 saturated heterocycles. The van der Waals surface area contributed by atoms with Crippen molar-refractivity contribution < 1.29 is 9.90 Å². The minimum Gasteiger partial charge on any atom is -0.394 e. The minimum absolute atomic E-state index is 0.207. The van der Waals surface area contributed by atoms with Gasteiger partial charge in [0.1, 0.15) is 11.8 Å². The van der Waals surface area contributed by atoms with E-state index in [4.69, 9.17) is 5.73 Å². The number of hydrogen-bond donors (Lipinski definition) is 2. The molecule has 0 amide bonds. The van der Waals surface area contributed by atoms with Crippen LogP contribution in [0.5, 0.6) is 0 Å². The molecule has 0 unspecified atom stereocenters. The number of aliphatic hydroxyl groups is 1. The molecule has 3 N–H and O–H groups in total. The summed E-state index contributed by atoms with van der Waals surface area (Å²) in [4.78, 5) is 11.0. The average Bonchev–Trinajstić information content (AvgIpc) is 2.80. The lowest BCUT2D eigenvalue weighted by Crippen LogP contribution is -2.49. The lowest BCUT2D eigenvalue weighted by Gasteiger charge is -2.27. The summed E-state index contributed by atoms with van der Waals surface area (Å²) in [7, 11) is 0. The lowest BCUT2D eigenvalue weighted by molar-refractivity contribution is -0.114. The van der Waals surface area contributed by atoms with Crippen LogP contribution in [0.4, 0.5) is 0 Å². The summed E-state index contributed by atoms with van der Waals surface area (Å²) in [6, 6.07) is 7.99. The Morgan fingerprint density at radius 1 is 1.53 bits per heavy atom. The van der Waals surface area contributed by atoms with Crippen molar-refractivity contribution in [3.8, 4) is 0 Å². The molecule has 2 rings (SSSR count). The fraction of sp³-hybridized carbons (Fsp3) is 0.308. The summed E-state index contributed by atoms with van der Waals surface area (Å²) in [5, 5.41) is 12.4. The van der Waals surface area contributed by atoms with Gasteiger partial charge >= 0.3 is 0 Å². The maximum absolute atomic E-state index is 11.0. The molecule has 4 heteroatoms. The predicted molar refractivity (Wildman–Crippen MR) is 70.3 cm³/mol. The van der Waals surface area contributed by atoms with Crippen molar-refractivity contribution in [1.29, 1.82) is 0 Å². The maximum Gasteiger partial charge on any atom is 0.142 e. The Morgan fingerprint density at radius 2 is 2.24 bits per heavy atom. The molecule has 1 aromatic heterocycles. The highest BCUT2D eigenvalue weighted by Crippen LogP contribution is 2.34. The minimum atomic E-state index is -1.20. The van der Waals surface area contributed by atoms with Gasteiger partial charge in [-0.25, -0.2) is 0 Å². The number of aldehydes is 1. The van der Waals surface area contributed by atoms with Crippen molar-refractivity contribution in [2.24, 2.45) is 5.73 Å². The maximum atomic E-state index is 11.0. The molecule has 3 nitrogen and oxygen atoms in total. The third kappa shape index (κ3) is 1.99. The number of thiophene rings is 1. The van der Waals surface area contributed by atoms with Crippen LogP contribution in [-0.2, 0) is 4.79 Å². The SMILES string of the molecule is C[C@H](c1csc2ccccc12)[C@@](N)(C=O)CO. The van der Waals surface area contributed by atoms with E-state index in [1.54, 1.807) is 11.3 Å². The summed E-state index contributed by atoms with van der Waals surface area (Å²) < 4.78 is 1.17. The second-order valence-corrected chi connectivity index (χ2v) is 5.21. The summed E-state index contributed by atoms with van der Waals surface area (Å²) >= 11 is 1.63. The van der Waals surface area contributed by atoms with Crippen LogP contribution in [0, 0.1) is 0 Å². The fourth-order valence-electron chi connectivity index (χ4n) is 1.90. The Hall–Kier alpha value is -1.23. The first-order valence-corrected chi connectivity index (χ1v) is 6.32. The van der Waals surface area contributed by atoms with Gasteiger partial charge in [-0.3, -0.25) is 0 Å². The molecule has 2 atom stereocenters. The summed E-state index contributed by atoms with van der Waals surface area (Å²) in [6.07, 6.45) is 0.643. The molecule has 0 saturated carbocycles. The molecule has 1 aromatic carbocycles. The van der Waals surface area contributed by atoms with Crippen molar-refractivity contribution in [3.63, 3.8) is 0 Å². The molecule has 0 radical (unpaired) electrons. The first-order valence-electron chi connectivity index (χ1n) is 5.44. The van der Waals surface area contributed by atoms with E-state index >= 15 is 0 Å². The van der Waals surface area contributed by atoms with Crippen molar-refractivity contribution in [1.82, 2.24) is 0 Å². The Bertz CT molecular complexity index is 537. The van der Waals surface area contributed by atoms with Gasteiger partial charge in [0.05, 0.1) is 6.61 Å². The van der Waals surface area contributed by atoms with Crippen molar-refractivity contribution in [3.05, 3.63) is 35.2 Å². The van der Waals surface area contributed by atoms with Gasteiger partial charge in [0, 0.05) is 10.6 Å². The van der Waals surface area contributed by atoms with Crippen LogP contribution < -0.4 is 5.73 Å². The Labute approximate surface area is 104 Å². The van der Waals surface area contributed by atoms with Crippen LogP contribution in [0.2, 0.25) is 0 Å². The molecule has 0 bridgehead atoms. The number of carbonyl (C=O) groups excluding carboxylic acids is 1. The molecule has 0 aliphatic heterocycles. The van der Waals surface area contributed by atoms with Crippen LogP contribution in [0.1, 0.15) is 18.4 Å². The van der Waals surface area contributed by atoms with Crippen LogP contribution >= 0.6 is 11.3 Å². The molecular weight excluding hydrogens is 234 g/mol. The van der Waals surface area contributed by atoms with Gasteiger partial charge in [0.25, 0.3) is 0 Å². The van der Waals surface area contributed by atoms with E-state index in [1.165, 1.54) is 4.70 Å². The molecule has 0 aliphatic rings. The zero-order valence-corrected chi connectivity index (χ0v) is 10.4. The lowest BCUT2D eigenvalue weighted by atomic mass is 9.83. The van der Waals surface area contributed by atoms with Gasteiger partial charge < -0.3 is 15.6 Å². The highest BCUT2D eigenvalue weighted by atomic mass is 32.1. The molecular formula is C13H15NO2S. The second kappa shape index (κ2) is 4.56. The quantitative estimate of drug-likeness (QED) is 0.813. The number of benzene rings is 1. The smallest absolute Gasteiger partial charge is 0.142 e. The molecule has 0 spiro atoms. The number of hydrogen-bond acceptors (Lipinski definition) is 4. The van der Waals surface area contributed by atoms with Crippen LogP contribution in [0.3, 0.4) is 0 Å². The standard InChI is InChI=1S/C13H15NO2S/c1-9(13(14,7-15)8-16)11-6-17-12-5-3-2-4-10(11)12/h2-7,9,16H,8,14H2,1H3/t9-,13-/m1/s1. The van der Waals surface area contributed by atoms with Gasteiger partial charge in [-0.05, 0) is 22.4 Å². The fourth-order valence-corrected chi connectivity index (χ4v) is 2.95. The van der Waals surface area contributed by atoms with Gasteiger partial charge in [0.15, 0.2) is 0 Å². The summed E-state index contributed by atoms with van der Waals surface area (Å²) in [5.74, 6) is -0.207. The van der Waals surface area contributed by atoms with Crippen molar-refractivity contribution >= 4 is 27.7 Å². The monoisotopic (exact) mass is 249 g/mol. The third-order valence-corrected chi connectivity index (χ3v) is 4.26. The Morgan fingerprint density at radius 3 is 2.88 bits per heavy atom. The van der Waals surface area contributed by atoms with Crippen LogP contribution in [0.15, 0.2) is 29.6 Å². The number of fused-ring (bicyclic) bond motifs is 1. The van der Waals surface area contributed by atoms with E-state index in [-0.39, 0.29) is 12.5 Å². The van der Waals surface area contributed by atoms with E-state index in [1.807, 2.05) is 36.6 Å². The first kappa shape index (κ1) is 12.2. The topological polar surface area (TPSA) is 63.3 Å². The zero-order valence-electron chi connectivity index (χ0n) is 9.59. The van der Waals surface area contributed by atoms with Crippen molar-refractivity contribution in [2.45, 2.75) is 18.4 Å². The van der Waals surface area contributed by atoms with E-state index < -0.39 is 5.54 Å². The first-order chi connectivity index (χ1) is 8.12. The van der Waals surface area contributed by atoms with Gasteiger partial charge in [-0.1, -0.05) is 25.1 Å². The second-order valence-electron chi connectivity index (χ2n) is 4.30. The van der Waals surface area contributed by atoms with Crippen LogP contribution in [0.25, 0.3) is 10.1 Å². The Kier molecular flexibility index (Phi) is 3.28. The van der Waals surface area contributed by atoms with E-state index in [0.29, 0.717) is 6.29 Å². The number of nitrogens with two attached hydrogens (primary N) is 1. The van der Waals surface area contributed by atoms with Gasteiger partial charge in [-0.2, -0.15) is 0 Å². The largest absolute Gasteiger partial charge is 0.394 e. The summed E-state index contributed by atoms with van der Waals surface area (Å²) in [6.45, 7) is 1.53. The number of aliphatic hydroxyl groups excluding tert-OH is 1. The molecule has 0 fully saturated rings. The Balaban J connectivity index is 2.50. The van der Waals surface area contributed by atoms with Gasteiger partial charge in [0.2, 0.25) is 0 Å². The van der Waals surface area contributed by atoms with E-state index in [0.717, 1.165) is 10.9 Å². The molecule has 2 aromatic rings. The third-order valence-electron chi connectivity index (χ3n) is 3.28. The molecule has 1 heterocycles. The van der Waals surface area contributed by atoms with Crippen molar-refractivity contribution in [2.75, 3.05) is 6.61 Å². The number of carbonyl (C=O) groups is 1. The predicted octanol–water partition coefficient (Wildman–Crippen LogP) is 1.89. The highest BCUT2D eigenvalue weighted by Gasteiger charge is 2.33. The molecule has 90 valence electrons. The normalized spacial score (nSPS) is 16.6. The average molecular weight is 249 g/mol. The zero-order chi connectivity index (χ0) is 12.5. The van der Waals surface area contributed by atoms with E-state index in [2.05, 4.69) is 0 Å². The molecule has 17 heavy (non-hydrogen) atoms. The van der Waals surface area contributed by atoms with Crippen LogP contribution in [-0.4, -0.2) is 23.5 Å². The van der Waals surface area contributed by atoms with Gasteiger partial charge in [-0.15, -0.1) is 11.3 Å². The highest BCUT2D eigenvalue weighted by molar-refractivity contribution is 7.17. The number of rotatable bonds is 4.